The smallest absolute Gasteiger partial charge is 0.318 e. The Balaban J connectivity index is 2.01. The first-order chi connectivity index (χ1) is 14.8. The molecule has 2 atom stereocenters. The zero-order valence-corrected chi connectivity index (χ0v) is 18.8. The second kappa shape index (κ2) is 12.4. The molecule has 2 rings (SSSR count). The van der Waals surface area contributed by atoms with Crippen LogP contribution in [0.5, 0.6) is 0 Å². The molecule has 1 aromatic carbocycles. The van der Waals surface area contributed by atoms with Crippen LogP contribution in [0.3, 0.4) is 0 Å². The van der Waals surface area contributed by atoms with Crippen molar-refractivity contribution in [3.63, 3.8) is 0 Å². The maximum Gasteiger partial charge on any atom is 0.318 e. The lowest BCUT2D eigenvalue weighted by Gasteiger charge is -2.33. The molecule has 1 aromatic rings. The predicted molar refractivity (Wildman–Crippen MR) is 120 cm³/mol. The molecule has 0 aliphatic carbocycles. The molecule has 0 radical (unpaired) electrons. The number of Topliss-reactive ketones (excluding diaryl/α,β-unsaturated/α-hetero) is 1. The van der Waals surface area contributed by atoms with Gasteiger partial charge in [-0.15, -0.1) is 0 Å². The lowest BCUT2D eigenvalue weighted by Crippen LogP contribution is -2.57. The van der Waals surface area contributed by atoms with Crippen molar-refractivity contribution in [2.45, 2.75) is 45.2 Å². The molecule has 31 heavy (non-hydrogen) atoms. The van der Waals surface area contributed by atoms with Gasteiger partial charge in [0.1, 0.15) is 12.6 Å². The van der Waals surface area contributed by atoms with Crippen molar-refractivity contribution in [1.82, 2.24) is 20.4 Å². The van der Waals surface area contributed by atoms with Gasteiger partial charge < -0.3 is 25.5 Å². The fourth-order valence-corrected chi connectivity index (χ4v) is 3.60. The van der Waals surface area contributed by atoms with Crippen LogP contribution >= 0.6 is 0 Å². The Morgan fingerprint density at radius 2 is 1.65 bits per heavy atom. The van der Waals surface area contributed by atoms with Gasteiger partial charge >= 0.3 is 6.03 Å². The molecule has 0 bridgehead atoms. The van der Waals surface area contributed by atoms with Crippen molar-refractivity contribution in [2.75, 3.05) is 39.8 Å². The summed E-state index contributed by atoms with van der Waals surface area (Å²) in [5.41, 5.74) is 1.05. The lowest BCUT2D eigenvalue weighted by molar-refractivity contribution is -0.130. The largest absolute Gasteiger partial charge is 0.389 e. The van der Waals surface area contributed by atoms with Crippen molar-refractivity contribution < 1.29 is 19.5 Å². The summed E-state index contributed by atoms with van der Waals surface area (Å²) in [6.45, 7) is 6.13. The van der Waals surface area contributed by atoms with E-state index in [1.54, 1.807) is 4.90 Å². The monoisotopic (exact) mass is 432 g/mol. The average molecular weight is 433 g/mol. The van der Waals surface area contributed by atoms with Crippen LogP contribution in [-0.4, -0.2) is 84.5 Å². The van der Waals surface area contributed by atoms with E-state index >= 15 is 0 Å². The predicted octanol–water partition coefficient (Wildman–Crippen LogP) is 1.04. The standard InChI is InChI=1S/C23H36N4O4/c1-17(2)15-20(25-23(31)27-13-11-26(3)12-14-27)22(30)24-19(21(29)16-28)10-9-18-7-5-4-6-8-18/h4-8,17,19-20,28H,9-16H2,1-3H3,(H,24,30)(H,25,31)/t19?,20-/m0/s1. The van der Waals surface area contributed by atoms with Crippen molar-refractivity contribution in [2.24, 2.45) is 5.92 Å². The minimum atomic E-state index is -0.798. The molecule has 3 N–H and O–H groups in total. The molecule has 0 saturated carbocycles. The Kier molecular flexibility index (Phi) is 9.94. The molecular weight excluding hydrogens is 396 g/mol. The number of likely N-dealkylation sites (N-methyl/N-ethyl adjacent to an activating group) is 1. The summed E-state index contributed by atoms with van der Waals surface area (Å²) in [6, 6.07) is 7.88. The van der Waals surface area contributed by atoms with Crippen LogP contribution in [0.25, 0.3) is 0 Å². The van der Waals surface area contributed by atoms with Gasteiger partial charge in [-0.25, -0.2) is 4.79 Å². The number of hydrogen-bond donors (Lipinski definition) is 3. The van der Waals surface area contributed by atoms with Crippen molar-refractivity contribution in [1.29, 1.82) is 0 Å². The van der Waals surface area contributed by atoms with Crippen molar-refractivity contribution in [3.8, 4) is 0 Å². The maximum atomic E-state index is 13.0. The minimum absolute atomic E-state index is 0.180. The van der Waals surface area contributed by atoms with Crippen LogP contribution in [0.1, 0.15) is 32.3 Å². The Morgan fingerprint density at radius 1 is 1.00 bits per heavy atom. The highest BCUT2D eigenvalue weighted by atomic mass is 16.3. The zero-order chi connectivity index (χ0) is 22.8. The van der Waals surface area contributed by atoms with E-state index in [0.29, 0.717) is 32.4 Å². The molecule has 1 aliphatic heterocycles. The first-order valence-corrected chi connectivity index (χ1v) is 11.0. The normalized spacial score (nSPS) is 16.6. The van der Waals surface area contributed by atoms with Crippen molar-refractivity contribution >= 4 is 17.7 Å². The molecule has 1 heterocycles. The number of ketones is 1. The number of nitrogens with zero attached hydrogens (tertiary/aromatic N) is 2. The van der Waals surface area contributed by atoms with Crippen LogP contribution < -0.4 is 10.6 Å². The SMILES string of the molecule is CC(C)C[C@H](NC(=O)N1CCN(C)CC1)C(=O)NC(CCc1ccccc1)C(=O)CO. The highest BCUT2D eigenvalue weighted by Crippen LogP contribution is 2.10. The molecule has 0 aromatic heterocycles. The summed E-state index contributed by atoms with van der Waals surface area (Å²) in [4.78, 5) is 41.8. The highest BCUT2D eigenvalue weighted by molar-refractivity contribution is 5.93. The quantitative estimate of drug-likeness (QED) is 0.513. The average Bonchev–Trinajstić information content (AvgIpc) is 2.76. The third-order valence-electron chi connectivity index (χ3n) is 5.54. The van der Waals surface area contributed by atoms with Gasteiger partial charge in [-0.05, 0) is 37.8 Å². The number of hydrogen-bond acceptors (Lipinski definition) is 5. The van der Waals surface area contributed by atoms with Crippen LogP contribution in [0.4, 0.5) is 4.79 Å². The second-order valence-corrected chi connectivity index (χ2v) is 8.63. The molecule has 0 spiro atoms. The van der Waals surface area contributed by atoms with Gasteiger partial charge in [-0.3, -0.25) is 9.59 Å². The molecule has 1 aliphatic rings. The Hall–Kier alpha value is -2.45. The van der Waals surface area contributed by atoms with Gasteiger partial charge in [-0.1, -0.05) is 44.2 Å². The number of carbonyl (C=O) groups excluding carboxylic acids is 3. The van der Waals surface area contributed by atoms with Gasteiger partial charge in [0.05, 0.1) is 6.04 Å². The van der Waals surface area contributed by atoms with E-state index in [1.165, 1.54) is 0 Å². The number of nitrogens with one attached hydrogen (secondary N) is 2. The van der Waals surface area contributed by atoms with Gasteiger partial charge in [0.25, 0.3) is 0 Å². The summed E-state index contributed by atoms with van der Waals surface area (Å²) in [6.07, 6.45) is 1.44. The summed E-state index contributed by atoms with van der Waals surface area (Å²) < 4.78 is 0. The van der Waals surface area contributed by atoms with E-state index in [-0.39, 0.29) is 11.9 Å². The third-order valence-corrected chi connectivity index (χ3v) is 5.54. The zero-order valence-electron chi connectivity index (χ0n) is 18.8. The molecule has 1 fully saturated rings. The van der Waals surface area contributed by atoms with Crippen LogP contribution in [0, 0.1) is 5.92 Å². The van der Waals surface area contributed by atoms with Crippen LogP contribution in [0.15, 0.2) is 30.3 Å². The summed E-state index contributed by atoms with van der Waals surface area (Å²) in [5, 5.41) is 15.0. The van der Waals surface area contributed by atoms with E-state index in [4.69, 9.17) is 0 Å². The van der Waals surface area contributed by atoms with Crippen LogP contribution in [-0.2, 0) is 16.0 Å². The summed E-state index contributed by atoms with van der Waals surface area (Å²) in [7, 11) is 2.01. The fourth-order valence-electron chi connectivity index (χ4n) is 3.60. The van der Waals surface area contributed by atoms with E-state index in [9.17, 15) is 19.5 Å². The summed E-state index contributed by atoms with van der Waals surface area (Å²) >= 11 is 0. The van der Waals surface area contributed by atoms with Crippen LogP contribution in [0.2, 0.25) is 0 Å². The lowest BCUT2D eigenvalue weighted by atomic mass is 10.00. The number of amides is 3. The van der Waals surface area contributed by atoms with Gasteiger partial charge in [0.2, 0.25) is 5.91 Å². The van der Waals surface area contributed by atoms with E-state index in [0.717, 1.165) is 18.7 Å². The van der Waals surface area contributed by atoms with E-state index in [1.807, 2.05) is 51.2 Å². The Morgan fingerprint density at radius 3 is 2.23 bits per heavy atom. The molecule has 8 heteroatoms. The number of rotatable bonds is 10. The topological polar surface area (TPSA) is 102 Å². The Bertz CT molecular complexity index is 718. The number of aryl methyl sites for hydroxylation is 1. The van der Waals surface area contributed by atoms with Gasteiger partial charge in [0.15, 0.2) is 5.78 Å². The molecule has 8 nitrogen and oxygen atoms in total. The number of carbonyl (C=O) groups is 3. The van der Waals surface area contributed by atoms with E-state index in [2.05, 4.69) is 15.5 Å². The van der Waals surface area contributed by atoms with Gasteiger partial charge in [0, 0.05) is 26.2 Å². The van der Waals surface area contributed by atoms with Gasteiger partial charge in [-0.2, -0.15) is 0 Å². The first-order valence-electron chi connectivity index (χ1n) is 11.0. The number of piperazine rings is 1. The molecule has 1 saturated heterocycles. The number of aliphatic hydroxyl groups is 1. The molecule has 172 valence electrons. The molecule has 3 amide bonds. The first kappa shape index (κ1) is 24.8. The number of urea groups is 1. The van der Waals surface area contributed by atoms with E-state index < -0.39 is 30.4 Å². The van der Waals surface area contributed by atoms with Crippen molar-refractivity contribution in [3.05, 3.63) is 35.9 Å². The summed E-state index contributed by atoms with van der Waals surface area (Å²) in [5.74, 6) is -0.645. The highest BCUT2D eigenvalue weighted by Gasteiger charge is 2.29. The fraction of sp³-hybridized carbons (Fsp3) is 0.609. The number of aliphatic hydroxyl groups excluding tert-OH is 1. The Labute approximate surface area is 185 Å². The third kappa shape index (κ3) is 8.30. The number of benzene rings is 1. The molecule has 1 unspecified atom stereocenters. The minimum Gasteiger partial charge on any atom is -0.389 e. The second-order valence-electron chi connectivity index (χ2n) is 8.63. The molecular formula is C23H36N4O4. The maximum absolute atomic E-state index is 13.0.